The van der Waals surface area contributed by atoms with Gasteiger partial charge in [-0.2, -0.15) is 0 Å². The van der Waals surface area contributed by atoms with Gasteiger partial charge in [-0.15, -0.1) is 0 Å². The van der Waals surface area contributed by atoms with Gasteiger partial charge in [0.15, 0.2) is 0 Å². The fraction of sp³-hybridized carbons (Fsp3) is 0.250. The molecule has 0 spiro atoms. The van der Waals surface area contributed by atoms with E-state index >= 15 is 0 Å². The van der Waals surface area contributed by atoms with Crippen molar-refractivity contribution in [2.75, 3.05) is 5.73 Å². The van der Waals surface area contributed by atoms with Crippen molar-refractivity contribution in [1.29, 1.82) is 0 Å². The lowest BCUT2D eigenvalue weighted by Crippen LogP contribution is -2.02. The van der Waals surface area contributed by atoms with Crippen LogP contribution in [0.3, 0.4) is 0 Å². The molecule has 0 saturated heterocycles. The largest absolute Gasteiger partial charge is 0.489 e. The summed E-state index contributed by atoms with van der Waals surface area (Å²) >= 11 is 0. The highest BCUT2D eigenvalue weighted by atomic mass is 16.6. The van der Waals surface area contributed by atoms with Gasteiger partial charge in [0.2, 0.25) is 0 Å². The molecule has 0 atom stereocenters. The van der Waals surface area contributed by atoms with Gasteiger partial charge in [0.25, 0.3) is 5.69 Å². The minimum Gasteiger partial charge on any atom is -0.489 e. The predicted molar refractivity (Wildman–Crippen MR) is 82.4 cm³/mol. The van der Waals surface area contributed by atoms with Crippen LogP contribution in [0.15, 0.2) is 42.5 Å². The van der Waals surface area contributed by atoms with E-state index in [0.717, 1.165) is 16.9 Å². The summed E-state index contributed by atoms with van der Waals surface area (Å²) in [6, 6.07) is 12.5. The molecule has 0 radical (unpaired) electrons. The van der Waals surface area contributed by atoms with E-state index in [1.54, 1.807) is 12.1 Å². The third kappa shape index (κ3) is 3.51. The number of nitrogens with zero attached hydrogens (tertiary/aromatic N) is 1. The normalized spacial score (nSPS) is 10.6. The Morgan fingerprint density at radius 1 is 1.24 bits per heavy atom. The number of nitrogen functional groups attached to an aromatic ring is 1. The molecule has 0 aliphatic heterocycles. The molecule has 0 aliphatic rings. The van der Waals surface area contributed by atoms with Crippen LogP contribution in [0.1, 0.15) is 30.9 Å². The van der Waals surface area contributed by atoms with Gasteiger partial charge in [0.1, 0.15) is 18.0 Å². The zero-order valence-corrected chi connectivity index (χ0v) is 12.1. The van der Waals surface area contributed by atoms with E-state index in [9.17, 15) is 10.1 Å². The number of hydrogen-bond acceptors (Lipinski definition) is 4. The van der Waals surface area contributed by atoms with Gasteiger partial charge < -0.3 is 10.5 Å². The molecule has 21 heavy (non-hydrogen) atoms. The van der Waals surface area contributed by atoms with E-state index in [4.69, 9.17) is 10.5 Å². The summed E-state index contributed by atoms with van der Waals surface area (Å²) in [6.07, 6.45) is 0. The molecule has 0 unspecified atom stereocenters. The number of ether oxygens (including phenoxy) is 1. The minimum atomic E-state index is -0.492. The molecule has 0 heterocycles. The first kappa shape index (κ1) is 14.8. The number of para-hydroxylation sites is 1. The molecule has 2 aromatic rings. The molecule has 5 heteroatoms. The van der Waals surface area contributed by atoms with E-state index in [2.05, 4.69) is 13.8 Å². The second-order valence-electron chi connectivity index (χ2n) is 5.13. The van der Waals surface area contributed by atoms with Crippen molar-refractivity contribution in [2.24, 2.45) is 0 Å². The Balaban J connectivity index is 2.14. The number of nitro benzene ring substituents is 1. The highest BCUT2D eigenvalue weighted by Gasteiger charge is 2.12. The van der Waals surface area contributed by atoms with Crippen LogP contribution >= 0.6 is 0 Å². The second-order valence-corrected chi connectivity index (χ2v) is 5.13. The Morgan fingerprint density at radius 2 is 1.95 bits per heavy atom. The molecule has 2 N–H and O–H groups in total. The third-order valence-electron chi connectivity index (χ3n) is 3.22. The van der Waals surface area contributed by atoms with Gasteiger partial charge >= 0.3 is 0 Å². The Kier molecular flexibility index (Phi) is 4.42. The van der Waals surface area contributed by atoms with Crippen molar-refractivity contribution in [3.05, 3.63) is 63.7 Å². The Morgan fingerprint density at radius 3 is 2.57 bits per heavy atom. The molecule has 0 saturated carbocycles. The van der Waals surface area contributed by atoms with Crippen LogP contribution in [0.25, 0.3) is 0 Å². The van der Waals surface area contributed by atoms with Crippen molar-refractivity contribution in [3.63, 3.8) is 0 Å². The third-order valence-corrected chi connectivity index (χ3v) is 3.22. The second kappa shape index (κ2) is 6.26. The van der Waals surface area contributed by atoms with Crippen molar-refractivity contribution in [1.82, 2.24) is 0 Å². The fourth-order valence-corrected chi connectivity index (χ4v) is 2.11. The molecule has 0 fully saturated rings. The molecule has 0 aliphatic carbocycles. The highest BCUT2D eigenvalue weighted by molar-refractivity contribution is 5.59. The van der Waals surface area contributed by atoms with E-state index in [1.807, 2.05) is 24.3 Å². The average molecular weight is 286 g/mol. The molecule has 5 nitrogen and oxygen atoms in total. The maximum atomic E-state index is 10.7. The van der Waals surface area contributed by atoms with Crippen LogP contribution in [0.2, 0.25) is 0 Å². The van der Waals surface area contributed by atoms with Crippen molar-refractivity contribution >= 4 is 11.4 Å². The summed E-state index contributed by atoms with van der Waals surface area (Å²) in [5.74, 6) is 1.19. The minimum absolute atomic E-state index is 0.0821. The van der Waals surface area contributed by atoms with Crippen molar-refractivity contribution in [3.8, 4) is 5.75 Å². The van der Waals surface area contributed by atoms with E-state index in [1.165, 1.54) is 6.07 Å². The summed E-state index contributed by atoms with van der Waals surface area (Å²) in [4.78, 5) is 10.2. The predicted octanol–water partition coefficient (Wildman–Crippen LogP) is 3.88. The fourth-order valence-electron chi connectivity index (χ4n) is 2.11. The van der Waals surface area contributed by atoms with Crippen molar-refractivity contribution < 1.29 is 9.66 Å². The maximum absolute atomic E-state index is 10.7. The highest BCUT2D eigenvalue weighted by Crippen LogP contribution is 2.27. The number of nitro groups is 1. The van der Waals surface area contributed by atoms with Gasteiger partial charge in [-0.05, 0) is 35.2 Å². The van der Waals surface area contributed by atoms with Crippen LogP contribution in [-0.2, 0) is 6.61 Å². The number of benzene rings is 2. The van der Waals surface area contributed by atoms with Gasteiger partial charge in [0.05, 0.1) is 4.92 Å². The van der Waals surface area contributed by atoms with Crippen LogP contribution in [0.4, 0.5) is 11.4 Å². The summed E-state index contributed by atoms with van der Waals surface area (Å²) in [7, 11) is 0. The lowest BCUT2D eigenvalue weighted by molar-refractivity contribution is -0.383. The van der Waals surface area contributed by atoms with E-state index < -0.39 is 4.92 Å². The molecule has 110 valence electrons. The van der Waals surface area contributed by atoms with Gasteiger partial charge in [0, 0.05) is 6.07 Å². The molecule has 0 amide bonds. The van der Waals surface area contributed by atoms with Crippen LogP contribution in [0.5, 0.6) is 5.75 Å². The first-order chi connectivity index (χ1) is 9.99. The summed E-state index contributed by atoms with van der Waals surface area (Å²) in [5.41, 5.74) is 7.68. The average Bonchev–Trinajstić information content (AvgIpc) is 2.45. The van der Waals surface area contributed by atoms with Crippen LogP contribution in [-0.4, -0.2) is 4.92 Å². The Labute approximate surface area is 123 Å². The maximum Gasteiger partial charge on any atom is 0.292 e. The molecule has 2 rings (SSSR count). The molecular formula is C16H18N2O3. The van der Waals surface area contributed by atoms with Crippen molar-refractivity contribution in [2.45, 2.75) is 26.4 Å². The zero-order chi connectivity index (χ0) is 15.4. The molecular weight excluding hydrogens is 268 g/mol. The quantitative estimate of drug-likeness (QED) is 0.514. The lowest BCUT2D eigenvalue weighted by Gasteiger charge is -2.14. The Hall–Kier alpha value is -2.56. The van der Waals surface area contributed by atoms with Crippen LogP contribution in [0, 0.1) is 10.1 Å². The van der Waals surface area contributed by atoms with Crippen LogP contribution < -0.4 is 10.5 Å². The topological polar surface area (TPSA) is 78.4 Å². The zero-order valence-electron chi connectivity index (χ0n) is 12.1. The first-order valence-electron chi connectivity index (χ1n) is 6.73. The molecule has 0 aromatic heterocycles. The van der Waals surface area contributed by atoms with E-state index in [0.29, 0.717) is 12.5 Å². The van der Waals surface area contributed by atoms with Gasteiger partial charge in [-0.3, -0.25) is 10.1 Å². The van der Waals surface area contributed by atoms with Gasteiger partial charge in [-0.1, -0.05) is 32.0 Å². The summed E-state index contributed by atoms with van der Waals surface area (Å²) in [5, 5.41) is 10.7. The summed E-state index contributed by atoms with van der Waals surface area (Å²) in [6.45, 7) is 4.53. The number of anilines is 1. The van der Waals surface area contributed by atoms with E-state index in [-0.39, 0.29) is 11.4 Å². The van der Waals surface area contributed by atoms with Gasteiger partial charge in [-0.25, -0.2) is 0 Å². The summed E-state index contributed by atoms with van der Waals surface area (Å²) < 4.78 is 5.81. The SMILES string of the molecule is CC(C)c1ccccc1OCc1ccc([N+](=O)[O-])c(N)c1. The lowest BCUT2D eigenvalue weighted by atomic mass is 10.0. The number of hydrogen-bond donors (Lipinski definition) is 1. The Bertz CT molecular complexity index is 654. The monoisotopic (exact) mass is 286 g/mol. The smallest absolute Gasteiger partial charge is 0.292 e. The first-order valence-corrected chi connectivity index (χ1v) is 6.73. The molecule has 0 bridgehead atoms. The number of nitrogens with two attached hydrogens (primary N) is 1. The number of rotatable bonds is 5. The molecule has 2 aromatic carbocycles. The standard InChI is InChI=1S/C16H18N2O3/c1-11(2)13-5-3-4-6-16(13)21-10-12-7-8-15(18(19)20)14(17)9-12/h3-9,11H,10,17H2,1-2H3.